The number of ether oxygens (including phenoxy) is 1. The van der Waals surface area contributed by atoms with Gasteiger partial charge in [0.1, 0.15) is 10.7 Å². The van der Waals surface area contributed by atoms with Crippen LogP contribution >= 0.6 is 0 Å². The second-order valence-corrected chi connectivity index (χ2v) is 6.87. The number of hydrogen-bond donors (Lipinski definition) is 2. The summed E-state index contributed by atoms with van der Waals surface area (Å²) in [4.78, 5) is 3.83. The van der Waals surface area contributed by atoms with Crippen LogP contribution in [0, 0.1) is 5.41 Å². The quantitative estimate of drug-likeness (QED) is 0.851. The van der Waals surface area contributed by atoms with E-state index in [1.54, 1.807) is 6.07 Å². The molecule has 1 aliphatic heterocycles. The molecule has 7 heteroatoms. The molecular weight excluding hydrogens is 266 g/mol. The molecule has 1 aromatic rings. The number of nitrogens with two attached hydrogens (primary N) is 1. The molecule has 0 saturated carbocycles. The topological polar surface area (TPSA) is 94.3 Å². The van der Waals surface area contributed by atoms with E-state index in [9.17, 15) is 8.42 Å². The summed E-state index contributed by atoms with van der Waals surface area (Å²) in [5, 5.41) is 0. The van der Waals surface area contributed by atoms with Crippen molar-refractivity contribution in [3.8, 4) is 0 Å². The van der Waals surface area contributed by atoms with Gasteiger partial charge in [-0.1, -0.05) is 6.92 Å². The molecule has 1 aromatic heterocycles. The summed E-state index contributed by atoms with van der Waals surface area (Å²) in [5.41, 5.74) is 5.53. The summed E-state index contributed by atoms with van der Waals surface area (Å²) in [5.74, 6) is 0.0205. The van der Waals surface area contributed by atoms with E-state index in [0.29, 0.717) is 19.8 Å². The van der Waals surface area contributed by atoms with E-state index in [0.717, 1.165) is 12.8 Å². The Morgan fingerprint density at radius 2 is 2.16 bits per heavy atom. The van der Waals surface area contributed by atoms with E-state index in [2.05, 4.69) is 16.6 Å². The number of nitrogens with one attached hydrogen (secondary N) is 1. The monoisotopic (exact) mass is 285 g/mol. The Hall–Kier alpha value is -1.18. The van der Waals surface area contributed by atoms with Crippen molar-refractivity contribution in [1.29, 1.82) is 0 Å². The third-order valence-electron chi connectivity index (χ3n) is 3.48. The summed E-state index contributed by atoms with van der Waals surface area (Å²) in [7, 11) is -3.61. The molecule has 0 aromatic carbocycles. The van der Waals surface area contributed by atoms with Crippen LogP contribution in [0.2, 0.25) is 0 Å². The standard InChI is InChI=1S/C12H19N3O3S/c1-12(4-7-18-8-5-12)9-15-19(16,17)10-3-2-6-14-11(10)13/h2-3,6,15H,4-5,7-9H2,1H3,(H2,13,14). The number of anilines is 1. The first-order chi connectivity index (χ1) is 8.93. The van der Waals surface area contributed by atoms with Gasteiger partial charge in [0.25, 0.3) is 0 Å². The molecule has 1 fully saturated rings. The Morgan fingerprint density at radius 1 is 1.47 bits per heavy atom. The minimum Gasteiger partial charge on any atom is -0.383 e. The molecule has 0 bridgehead atoms. The molecule has 3 N–H and O–H groups in total. The number of hydrogen-bond acceptors (Lipinski definition) is 5. The van der Waals surface area contributed by atoms with Crippen LogP contribution in [0.3, 0.4) is 0 Å². The second-order valence-electron chi connectivity index (χ2n) is 5.13. The number of nitrogens with zero attached hydrogens (tertiary/aromatic N) is 1. The Labute approximate surface area is 113 Å². The van der Waals surface area contributed by atoms with Gasteiger partial charge in [-0.25, -0.2) is 18.1 Å². The molecule has 0 atom stereocenters. The van der Waals surface area contributed by atoms with Crippen molar-refractivity contribution < 1.29 is 13.2 Å². The van der Waals surface area contributed by atoms with Gasteiger partial charge in [0.2, 0.25) is 10.0 Å². The van der Waals surface area contributed by atoms with Gasteiger partial charge < -0.3 is 10.5 Å². The lowest BCUT2D eigenvalue weighted by atomic mass is 9.83. The maximum Gasteiger partial charge on any atom is 0.244 e. The average Bonchev–Trinajstić information content (AvgIpc) is 2.38. The average molecular weight is 285 g/mol. The van der Waals surface area contributed by atoms with Crippen LogP contribution in [0.4, 0.5) is 5.82 Å². The Kier molecular flexibility index (Phi) is 4.07. The number of pyridine rings is 1. The lowest BCUT2D eigenvalue weighted by Crippen LogP contribution is -2.39. The summed E-state index contributed by atoms with van der Waals surface area (Å²) in [6.07, 6.45) is 3.16. The highest BCUT2D eigenvalue weighted by molar-refractivity contribution is 7.89. The summed E-state index contributed by atoms with van der Waals surface area (Å²) < 4.78 is 32.3. The molecule has 0 unspecified atom stereocenters. The largest absolute Gasteiger partial charge is 0.383 e. The normalized spacial score (nSPS) is 19.2. The van der Waals surface area contributed by atoms with Crippen LogP contribution < -0.4 is 10.5 Å². The van der Waals surface area contributed by atoms with Crippen molar-refractivity contribution in [2.45, 2.75) is 24.7 Å². The molecule has 2 heterocycles. The zero-order valence-electron chi connectivity index (χ0n) is 10.9. The van der Waals surface area contributed by atoms with E-state index >= 15 is 0 Å². The van der Waals surface area contributed by atoms with E-state index in [1.807, 2.05) is 0 Å². The second kappa shape index (κ2) is 5.44. The number of rotatable bonds is 4. The van der Waals surface area contributed by atoms with E-state index in [1.165, 1.54) is 12.3 Å². The zero-order valence-corrected chi connectivity index (χ0v) is 11.7. The fourth-order valence-corrected chi connectivity index (χ4v) is 3.30. The highest BCUT2D eigenvalue weighted by atomic mass is 32.2. The summed E-state index contributed by atoms with van der Waals surface area (Å²) in [6, 6.07) is 3.01. The van der Waals surface area contributed by atoms with Gasteiger partial charge in [0.15, 0.2) is 0 Å². The van der Waals surface area contributed by atoms with Crippen molar-refractivity contribution in [3.63, 3.8) is 0 Å². The van der Waals surface area contributed by atoms with Crippen molar-refractivity contribution in [1.82, 2.24) is 9.71 Å². The summed E-state index contributed by atoms with van der Waals surface area (Å²) in [6.45, 7) is 3.79. The molecule has 2 rings (SSSR count). The van der Waals surface area contributed by atoms with Crippen LogP contribution in [0.5, 0.6) is 0 Å². The molecule has 19 heavy (non-hydrogen) atoms. The molecule has 0 amide bonds. The van der Waals surface area contributed by atoms with Crippen LogP contribution in [-0.2, 0) is 14.8 Å². The van der Waals surface area contributed by atoms with E-state index in [-0.39, 0.29) is 16.1 Å². The summed E-state index contributed by atoms with van der Waals surface area (Å²) >= 11 is 0. The molecule has 1 aliphatic rings. The molecule has 6 nitrogen and oxygen atoms in total. The minimum absolute atomic E-state index is 0.0205. The molecule has 0 aliphatic carbocycles. The third-order valence-corrected chi connectivity index (χ3v) is 4.93. The van der Waals surface area contributed by atoms with Crippen molar-refractivity contribution in [3.05, 3.63) is 18.3 Å². The lowest BCUT2D eigenvalue weighted by molar-refractivity contribution is 0.0265. The molecule has 0 spiro atoms. The van der Waals surface area contributed by atoms with E-state index in [4.69, 9.17) is 10.5 Å². The van der Waals surface area contributed by atoms with Crippen molar-refractivity contribution >= 4 is 15.8 Å². The fourth-order valence-electron chi connectivity index (χ4n) is 2.02. The molecule has 106 valence electrons. The number of aromatic nitrogens is 1. The predicted molar refractivity (Wildman–Crippen MR) is 72.0 cm³/mol. The minimum atomic E-state index is -3.61. The van der Waals surface area contributed by atoms with Crippen LogP contribution in [0.1, 0.15) is 19.8 Å². The van der Waals surface area contributed by atoms with Crippen LogP contribution in [0.15, 0.2) is 23.2 Å². The van der Waals surface area contributed by atoms with Gasteiger partial charge in [0.05, 0.1) is 0 Å². The fraction of sp³-hybridized carbons (Fsp3) is 0.583. The van der Waals surface area contributed by atoms with Gasteiger partial charge in [-0.3, -0.25) is 0 Å². The zero-order chi connectivity index (χ0) is 13.9. The van der Waals surface area contributed by atoms with Crippen molar-refractivity contribution in [2.24, 2.45) is 5.41 Å². The maximum atomic E-state index is 12.2. The third kappa shape index (κ3) is 3.43. The lowest BCUT2D eigenvalue weighted by Gasteiger charge is -2.33. The van der Waals surface area contributed by atoms with Gasteiger partial charge in [-0.15, -0.1) is 0 Å². The maximum absolute atomic E-state index is 12.2. The first kappa shape index (κ1) is 14.2. The Bertz CT molecular complexity index is 539. The smallest absolute Gasteiger partial charge is 0.244 e. The van der Waals surface area contributed by atoms with Gasteiger partial charge in [-0.05, 0) is 30.4 Å². The van der Waals surface area contributed by atoms with Gasteiger partial charge in [-0.2, -0.15) is 0 Å². The number of nitrogen functional groups attached to an aromatic ring is 1. The van der Waals surface area contributed by atoms with Gasteiger partial charge in [0, 0.05) is 26.0 Å². The highest BCUT2D eigenvalue weighted by Gasteiger charge is 2.29. The highest BCUT2D eigenvalue weighted by Crippen LogP contribution is 2.29. The van der Waals surface area contributed by atoms with Crippen LogP contribution in [-0.4, -0.2) is 33.2 Å². The molecular formula is C12H19N3O3S. The number of sulfonamides is 1. The molecule has 1 saturated heterocycles. The predicted octanol–water partition coefficient (Wildman–Crippen LogP) is 0.759. The van der Waals surface area contributed by atoms with Gasteiger partial charge >= 0.3 is 0 Å². The first-order valence-corrected chi connectivity index (χ1v) is 7.69. The Morgan fingerprint density at radius 3 is 2.79 bits per heavy atom. The van der Waals surface area contributed by atoms with Crippen LogP contribution in [0.25, 0.3) is 0 Å². The Balaban J connectivity index is 2.08. The molecule has 0 radical (unpaired) electrons. The van der Waals surface area contributed by atoms with Crippen molar-refractivity contribution in [2.75, 3.05) is 25.5 Å². The van der Waals surface area contributed by atoms with E-state index < -0.39 is 10.0 Å². The SMILES string of the molecule is CC1(CNS(=O)(=O)c2cccnc2N)CCOCC1. The first-order valence-electron chi connectivity index (χ1n) is 6.21.